The van der Waals surface area contributed by atoms with Crippen LogP contribution in [0.25, 0.3) is 5.69 Å². The standard InChI is InChI=1S/C17H19Cl2N5O/c1-10-21-16(22-24(10)15-13(18)3-2-4-14(15)19)17(25)23-11-5-6-12(23)9-20-8-7-11/h2-4,11-12,20H,5-9H2,1H3. The Labute approximate surface area is 156 Å². The number of hydrogen-bond donors (Lipinski definition) is 1. The zero-order valence-corrected chi connectivity index (χ0v) is 15.4. The summed E-state index contributed by atoms with van der Waals surface area (Å²) in [5.41, 5.74) is 0.551. The first-order valence-corrected chi connectivity index (χ1v) is 9.23. The highest BCUT2D eigenvalue weighted by atomic mass is 35.5. The fraction of sp³-hybridized carbons (Fsp3) is 0.471. The van der Waals surface area contributed by atoms with E-state index in [1.54, 1.807) is 29.8 Å². The van der Waals surface area contributed by atoms with E-state index in [1.807, 2.05) is 4.90 Å². The molecule has 2 fully saturated rings. The van der Waals surface area contributed by atoms with E-state index >= 15 is 0 Å². The second kappa shape index (κ2) is 6.59. The maximum Gasteiger partial charge on any atom is 0.294 e. The number of nitrogens with zero attached hydrogens (tertiary/aromatic N) is 4. The van der Waals surface area contributed by atoms with Crippen molar-refractivity contribution in [3.8, 4) is 5.69 Å². The molecule has 2 atom stereocenters. The van der Waals surface area contributed by atoms with Crippen molar-refractivity contribution in [2.45, 2.75) is 38.3 Å². The number of hydrogen-bond acceptors (Lipinski definition) is 4. The number of amides is 1. The summed E-state index contributed by atoms with van der Waals surface area (Å²) < 4.78 is 1.55. The molecule has 2 aliphatic rings. The summed E-state index contributed by atoms with van der Waals surface area (Å²) in [6, 6.07) is 5.74. The molecule has 2 bridgehead atoms. The first-order valence-electron chi connectivity index (χ1n) is 8.47. The van der Waals surface area contributed by atoms with Crippen LogP contribution in [0.4, 0.5) is 0 Å². The lowest BCUT2D eigenvalue weighted by Gasteiger charge is -2.26. The molecule has 2 saturated heterocycles. The van der Waals surface area contributed by atoms with Crippen LogP contribution in [0, 0.1) is 6.92 Å². The molecular formula is C17H19Cl2N5O. The molecule has 4 rings (SSSR count). The molecule has 1 aromatic carbocycles. The maximum atomic E-state index is 13.1. The van der Waals surface area contributed by atoms with Crippen molar-refractivity contribution in [2.75, 3.05) is 13.1 Å². The minimum Gasteiger partial charge on any atom is -0.329 e. The molecular weight excluding hydrogens is 361 g/mol. The van der Waals surface area contributed by atoms with Crippen molar-refractivity contribution in [3.63, 3.8) is 0 Å². The minimum absolute atomic E-state index is 0.110. The number of carbonyl (C=O) groups excluding carboxylic acids is 1. The molecule has 2 aromatic rings. The van der Waals surface area contributed by atoms with Crippen molar-refractivity contribution < 1.29 is 4.79 Å². The average molecular weight is 380 g/mol. The third-order valence-electron chi connectivity index (χ3n) is 5.00. The summed E-state index contributed by atoms with van der Waals surface area (Å²) in [4.78, 5) is 19.4. The maximum absolute atomic E-state index is 13.1. The van der Waals surface area contributed by atoms with Gasteiger partial charge in [-0.15, -0.1) is 5.10 Å². The number of aryl methyl sites for hydroxylation is 1. The molecule has 2 unspecified atom stereocenters. The van der Waals surface area contributed by atoms with E-state index in [1.165, 1.54) is 0 Å². The van der Waals surface area contributed by atoms with Gasteiger partial charge in [-0.1, -0.05) is 29.3 Å². The van der Waals surface area contributed by atoms with E-state index in [9.17, 15) is 4.79 Å². The second-order valence-electron chi connectivity index (χ2n) is 6.55. The predicted molar refractivity (Wildman–Crippen MR) is 96.6 cm³/mol. The van der Waals surface area contributed by atoms with Gasteiger partial charge in [0, 0.05) is 18.6 Å². The Morgan fingerprint density at radius 3 is 2.68 bits per heavy atom. The van der Waals surface area contributed by atoms with Crippen LogP contribution in [0.15, 0.2) is 18.2 Å². The Hall–Kier alpha value is -1.63. The molecule has 0 spiro atoms. The van der Waals surface area contributed by atoms with E-state index in [2.05, 4.69) is 15.4 Å². The topological polar surface area (TPSA) is 63.1 Å². The van der Waals surface area contributed by atoms with Gasteiger partial charge in [-0.3, -0.25) is 4.79 Å². The highest BCUT2D eigenvalue weighted by molar-refractivity contribution is 6.37. The number of rotatable bonds is 2. The van der Waals surface area contributed by atoms with Gasteiger partial charge in [0.2, 0.25) is 5.82 Å². The van der Waals surface area contributed by atoms with E-state index in [-0.39, 0.29) is 23.8 Å². The molecule has 1 amide bonds. The Kier molecular flexibility index (Phi) is 4.43. The van der Waals surface area contributed by atoms with Gasteiger partial charge in [-0.25, -0.2) is 9.67 Å². The molecule has 6 nitrogen and oxygen atoms in total. The van der Waals surface area contributed by atoms with E-state index in [4.69, 9.17) is 23.2 Å². The summed E-state index contributed by atoms with van der Waals surface area (Å²) in [7, 11) is 0. The van der Waals surface area contributed by atoms with Crippen LogP contribution in [0.1, 0.15) is 35.7 Å². The van der Waals surface area contributed by atoms with Crippen molar-refractivity contribution in [2.24, 2.45) is 0 Å². The Morgan fingerprint density at radius 1 is 1.20 bits per heavy atom. The molecule has 132 valence electrons. The normalized spacial score (nSPS) is 22.9. The van der Waals surface area contributed by atoms with Gasteiger partial charge in [-0.05, 0) is 44.9 Å². The van der Waals surface area contributed by atoms with E-state index in [0.717, 1.165) is 32.4 Å². The van der Waals surface area contributed by atoms with Crippen LogP contribution in [-0.4, -0.2) is 50.7 Å². The van der Waals surface area contributed by atoms with Crippen LogP contribution in [-0.2, 0) is 0 Å². The van der Waals surface area contributed by atoms with Gasteiger partial charge < -0.3 is 10.2 Å². The highest BCUT2D eigenvalue weighted by Crippen LogP contribution is 2.31. The zero-order valence-electron chi connectivity index (χ0n) is 13.9. The van der Waals surface area contributed by atoms with Crippen LogP contribution < -0.4 is 5.32 Å². The van der Waals surface area contributed by atoms with Crippen LogP contribution in [0.3, 0.4) is 0 Å². The first kappa shape index (κ1) is 16.8. The molecule has 25 heavy (non-hydrogen) atoms. The fourth-order valence-electron chi connectivity index (χ4n) is 3.81. The second-order valence-corrected chi connectivity index (χ2v) is 7.37. The summed E-state index contributed by atoms with van der Waals surface area (Å²) in [5, 5.41) is 8.77. The molecule has 1 aromatic heterocycles. The van der Waals surface area contributed by atoms with Crippen molar-refractivity contribution in [3.05, 3.63) is 39.9 Å². The number of aromatic nitrogens is 3. The number of halogens is 2. The van der Waals surface area contributed by atoms with E-state index in [0.29, 0.717) is 21.6 Å². The number of carbonyl (C=O) groups is 1. The van der Waals surface area contributed by atoms with Crippen LogP contribution in [0.5, 0.6) is 0 Å². The molecule has 1 N–H and O–H groups in total. The molecule has 8 heteroatoms. The molecule has 0 radical (unpaired) electrons. The minimum atomic E-state index is -0.110. The summed E-state index contributed by atoms with van der Waals surface area (Å²) in [6.07, 6.45) is 3.05. The van der Waals surface area contributed by atoms with Crippen LogP contribution >= 0.6 is 23.2 Å². The lowest BCUT2D eigenvalue weighted by Crippen LogP contribution is -2.43. The lowest BCUT2D eigenvalue weighted by atomic mass is 10.1. The third-order valence-corrected chi connectivity index (χ3v) is 5.61. The van der Waals surface area contributed by atoms with Crippen molar-refractivity contribution in [1.29, 1.82) is 0 Å². The van der Waals surface area contributed by atoms with Gasteiger partial charge in [-0.2, -0.15) is 0 Å². The number of benzene rings is 1. The third kappa shape index (κ3) is 2.92. The van der Waals surface area contributed by atoms with Crippen molar-refractivity contribution in [1.82, 2.24) is 25.0 Å². The summed E-state index contributed by atoms with van der Waals surface area (Å²) >= 11 is 12.5. The largest absolute Gasteiger partial charge is 0.329 e. The van der Waals surface area contributed by atoms with Gasteiger partial charge in [0.15, 0.2) is 0 Å². The Bertz CT molecular complexity index is 787. The quantitative estimate of drug-likeness (QED) is 0.871. The smallest absolute Gasteiger partial charge is 0.294 e. The van der Waals surface area contributed by atoms with Gasteiger partial charge in [0.05, 0.1) is 10.0 Å². The molecule has 3 heterocycles. The molecule has 0 saturated carbocycles. The van der Waals surface area contributed by atoms with Gasteiger partial charge in [0.25, 0.3) is 5.91 Å². The Balaban J connectivity index is 1.70. The summed E-state index contributed by atoms with van der Waals surface area (Å²) in [6.45, 7) is 3.57. The first-order chi connectivity index (χ1) is 12.1. The van der Waals surface area contributed by atoms with Gasteiger partial charge >= 0.3 is 0 Å². The molecule has 0 aliphatic carbocycles. The fourth-order valence-corrected chi connectivity index (χ4v) is 4.37. The number of nitrogens with one attached hydrogen (secondary N) is 1. The number of fused-ring (bicyclic) bond motifs is 2. The predicted octanol–water partition coefficient (Wildman–Crippen LogP) is 2.85. The lowest BCUT2D eigenvalue weighted by molar-refractivity contribution is 0.0667. The number of para-hydroxylation sites is 1. The summed E-state index contributed by atoms with van der Waals surface area (Å²) in [5.74, 6) is 0.673. The van der Waals surface area contributed by atoms with Gasteiger partial charge in [0.1, 0.15) is 11.5 Å². The molecule has 2 aliphatic heterocycles. The zero-order chi connectivity index (χ0) is 17.6. The van der Waals surface area contributed by atoms with Crippen LogP contribution in [0.2, 0.25) is 10.0 Å². The monoisotopic (exact) mass is 379 g/mol. The van der Waals surface area contributed by atoms with Crippen molar-refractivity contribution >= 4 is 29.1 Å². The van der Waals surface area contributed by atoms with E-state index < -0.39 is 0 Å². The average Bonchev–Trinajstić information content (AvgIpc) is 3.06. The highest BCUT2D eigenvalue weighted by Gasteiger charge is 2.39. The Morgan fingerprint density at radius 2 is 1.92 bits per heavy atom. The SMILES string of the molecule is Cc1nc(C(=O)N2C3CCNCC2CC3)nn1-c1c(Cl)cccc1Cl.